The maximum atomic E-state index is 9.68. The number of tetrazole rings is 1. The van der Waals surface area contributed by atoms with Gasteiger partial charge in [0.05, 0.1) is 44.2 Å². The maximum Gasteiger partial charge on any atom is 0.256 e. The van der Waals surface area contributed by atoms with Crippen molar-refractivity contribution in [1.29, 1.82) is 5.26 Å². The number of hydrogen-bond donors (Lipinski definition) is 1. The smallest absolute Gasteiger partial charge is 0.256 e. The SMILES string of the molecule is CC(Cn1cnnn1)Oc1cc(-c2cnc(Nc3cn(C4CCC(N5CCOCC5)CC4)nc3OCCc3ccccn3)nc2)ccc1C#N. The molecule has 1 aliphatic carbocycles. The molecule has 2 fully saturated rings. The Kier molecular flexibility index (Phi) is 10.5. The number of ether oxygens (including phenoxy) is 3. The second-order valence-electron chi connectivity index (χ2n) is 12.6. The summed E-state index contributed by atoms with van der Waals surface area (Å²) in [6.45, 7) is 6.44. The number of pyridine rings is 1. The Morgan fingerprint density at radius 2 is 1.84 bits per heavy atom. The summed E-state index contributed by atoms with van der Waals surface area (Å²) in [6, 6.07) is 14.4. The third kappa shape index (κ3) is 8.21. The summed E-state index contributed by atoms with van der Waals surface area (Å²) in [5, 5.41) is 29.1. The van der Waals surface area contributed by atoms with Crippen LogP contribution in [0.2, 0.25) is 0 Å². The van der Waals surface area contributed by atoms with Crippen molar-refractivity contribution in [3.05, 3.63) is 78.8 Å². The summed E-state index contributed by atoms with van der Waals surface area (Å²) in [5.74, 6) is 1.39. The van der Waals surface area contributed by atoms with Crippen LogP contribution in [0.3, 0.4) is 0 Å². The molecule has 15 nitrogen and oxygen atoms in total. The van der Waals surface area contributed by atoms with Gasteiger partial charge in [0.15, 0.2) is 0 Å². The molecule has 258 valence electrons. The molecule has 1 aromatic carbocycles. The monoisotopic (exact) mass is 676 g/mol. The number of rotatable bonds is 13. The van der Waals surface area contributed by atoms with Crippen LogP contribution in [-0.4, -0.2) is 94.9 Å². The van der Waals surface area contributed by atoms with Crippen molar-refractivity contribution < 1.29 is 14.2 Å². The molecule has 0 amide bonds. The Balaban J connectivity index is 1.04. The van der Waals surface area contributed by atoms with E-state index in [1.165, 1.54) is 6.33 Å². The fourth-order valence-corrected chi connectivity index (χ4v) is 6.52. The molecule has 0 radical (unpaired) electrons. The zero-order chi connectivity index (χ0) is 34.1. The van der Waals surface area contributed by atoms with Crippen molar-refractivity contribution in [2.45, 2.75) is 63.8 Å². The van der Waals surface area contributed by atoms with Crippen LogP contribution in [-0.2, 0) is 17.7 Å². The molecule has 0 spiro atoms. The van der Waals surface area contributed by atoms with E-state index in [-0.39, 0.29) is 12.1 Å². The third-order valence-corrected chi connectivity index (χ3v) is 9.12. The lowest BCUT2D eigenvalue weighted by Gasteiger charge is -2.38. The molecule has 7 rings (SSSR count). The summed E-state index contributed by atoms with van der Waals surface area (Å²) in [7, 11) is 0. The van der Waals surface area contributed by atoms with Crippen molar-refractivity contribution in [2.75, 3.05) is 38.2 Å². The highest BCUT2D eigenvalue weighted by atomic mass is 16.5. The molecule has 2 aliphatic rings. The first kappa shape index (κ1) is 33.1. The number of nitriles is 1. The number of aromatic nitrogens is 9. The normalized spacial score (nSPS) is 18.6. The highest BCUT2D eigenvalue weighted by molar-refractivity contribution is 5.67. The molecule has 15 heteroatoms. The number of hydrogen-bond acceptors (Lipinski definition) is 13. The van der Waals surface area contributed by atoms with E-state index in [1.54, 1.807) is 29.3 Å². The van der Waals surface area contributed by atoms with Gasteiger partial charge in [0.2, 0.25) is 5.95 Å². The second kappa shape index (κ2) is 15.8. The average molecular weight is 677 g/mol. The van der Waals surface area contributed by atoms with E-state index in [0.717, 1.165) is 68.8 Å². The van der Waals surface area contributed by atoms with Gasteiger partial charge >= 0.3 is 0 Å². The van der Waals surface area contributed by atoms with Gasteiger partial charge in [0, 0.05) is 55.4 Å². The fraction of sp³-hybridized carbons (Fsp3) is 0.429. The summed E-state index contributed by atoms with van der Waals surface area (Å²) in [5.41, 5.74) is 3.69. The predicted molar refractivity (Wildman–Crippen MR) is 183 cm³/mol. The van der Waals surface area contributed by atoms with Crippen LogP contribution in [0.4, 0.5) is 11.6 Å². The van der Waals surface area contributed by atoms with E-state index in [0.29, 0.717) is 54.4 Å². The lowest BCUT2D eigenvalue weighted by atomic mass is 9.90. The molecule has 5 aromatic rings. The Hall–Kier alpha value is -5.46. The molecule has 4 aromatic heterocycles. The fourth-order valence-electron chi connectivity index (χ4n) is 6.52. The standard InChI is InChI=1S/C35H40N12O3/c1-25(22-46-24-40-43-44-46)50-33-18-26(5-6-27(33)19-36)28-20-38-35(39-21-28)41-32-23-47(42-34(32)49-15-11-29-4-2-3-12-37-29)31-9-7-30(8-10-31)45-13-16-48-17-14-45/h2-6,12,18,20-21,23-25,30-31H,7-11,13-17,22H2,1H3,(H,38,39,41). The highest BCUT2D eigenvalue weighted by Gasteiger charge is 2.29. The first-order valence-electron chi connectivity index (χ1n) is 17.1. The van der Waals surface area contributed by atoms with Gasteiger partial charge in [-0.2, -0.15) is 5.26 Å². The number of nitrogens with zero attached hydrogens (tertiary/aromatic N) is 11. The molecule has 5 heterocycles. The zero-order valence-corrected chi connectivity index (χ0v) is 28.0. The number of anilines is 2. The minimum Gasteiger partial charge on any atom is -0.487 e. The van der Waals surface area contributed by atoms with E-state index >= 15 is 0 Å². The Bertz CT molecular complexity index is 1850. The average Bonchev–Trinajstić information content (AvgIpc) is 3.83. The Morgan fingerprint density at radius 3 is 2.58 bits per heavy atom. The zero-order valence-electron chi connectivity index (χ0n) is 28.0. The van der Waals surface area contributed by atoms with Gasteiger partial charge in [-0.15, -0.1) is 10.2 Å². The molecule has 1 N–H and O–H groups in total. The van der Waals surface area contributed by atoms with Crippen LogP contribution < -0.4 is 14.8 Å². The first-order chi connectivity index (χ1) is 24.6. The largest absolute Gasteiger partial charge is 0.487 e. The van der Waals surface area contributed by atoms with Gasteiger partial charge in [-0.05, 0) is 72.9 Å². The van der Waals surface area contributed by atoms with Gasteiger partial charge in [0.25, 0.3) is 5.88 Å². The van der Waals surface area contributed by atoms with Crippen LogP contribution in [0.25, 0.3) is 11.1 Å². The molecule has 1 atom stereocenters. The van der Waals surface area contributed by atoms with E-state index in [9.17, 15) is 5.26 Å². The third-order valence-electron chi connectivity index (χ3n) is 9.12. The predicted octanol–water partition coefficient (Wildman–Crippen LogP) is 4.24. The van der Waals surface area contributed by atoms with Gasteiger partial charge < -0.3 is 19.5 Å². The van der Waals surface area contributed by atoms with Crippen molar-refractivity contribution in [3.63, 3.8) is 0 Å². The topological polar surface area (TPSA) is 167 Å². The molecular weight excluding hydrogens is 636 g/mol. The molecule has 1 aliphatic heterocycles. The van der Waals surface area contributed by atoms with Crippen molar-refractivity contribution in [1.82, 2.24) is 49.8 Å². The molecule has 1 saturated heterocycles. The van der Waals surface area contributed by atoms with E-state index < -0.39 is 0 Å². The van der Waals surface area contributed by atoms with Crippen molar-refractivity contribution in [2.24, 2.45) is 0 Å². The minimum absolute atomic E-state index is 0.273. The lowest BCUT2D eigenvalue weighted by molar-refractivity contribution is 0.00503. The molecule has 1 unspecified atom stereocenters. The summed E-state index contributed by atoms with van der Waals surface area (Å²) >= 11 is 0. The molecule has 1 saturated carbocycles. The minimum atomic E-state index is -0.273. The Labute approximate surface area is 290 Å². The van der Waals surface area contributed by atoms with Gasteiger partial charge in [-0.1, -0.05) is 12.1 Å². The van der Waals surface area contributed by atoms with Crippen LogP contribution >= 0.6 is 0 Å². The van der Waals surface area contributed by atoms with E-state index in [2.05, 4.69) is 46.8 Å². The number of benzene rings is 1. The van der Waals surface area contributed by atoms with Crippen LogP contribution in [0.1, 0.15) is 49.9 Å². The number of nitrogens with one attached hydrogen (secondary N) is 1. The quantitative estimate of drug-likeness (QED) is 0.188. The van der Waals surface area contributed by atoms with E-state index in [1.807, 2.05) is 48.1 Å². The summed E-state index contributed by atoms with van der Waals surface area (Å²) in [6.07, 6.45) is 13.6. The molecule has 50 heavy (non-hydrogen) atoms. The van der Waals surface area contributed by atoms with Gasteiger partial charge in [-0.3, -0.25) is 14.6 Å². The van der Waals surface area contributed by atoms with Crippen LogP contribution in [0.5, 0.6) is 11.6 Å². The summed E-state index contributed by atoms with van der Waals surface area (Å²) in [4.78, 5) is 16.2. The Morgan fingerprint density at radius 1 is 1.02 bits per heavy atom. The van der Waals surface area contributed by atoms with Crippen molar-refractivity contribution >= 4 is 11.6 Å². The highest BCUT2D eigenvalue weighted by Crippen LogP contribution is 2.35. The second-order valence-corrected chi connectivity index (χ2v) is 12.6. The van der Waals surface area contributed by atoms with Crippen LogP contribution in [0, 0.1) is 11.3 Å². The van der Waals surface area contributed by atoms with Gasteiger partial charge in [0.1, 0.15) is 29.9 Å². The molecule has 0 bridgehead atoms. The lowest BCUT2D eigenvalue weighted by Crippen LogP contribution is -2.45. The number of morpholine rings is 1. The van der Waals surface area contributed by atoms with Crippen molar-refractivity contribution in [3.8, 4) is 28.8 Å². The van der Waals surface area contributed by atoms with E-state index in [4.69, 9.17) is 19.3 Å². The maximum absolute atomic E-state index is 9.68. The summed E-state index contributed by atoms with van der Waals surface area (Å²) < 4.78 is 21.5. The first-order valence-corrected chi connectivity index (χ1v) is 17.1. The van der Waals surface area contributed by atoms with Crippen LogP contribution in [0.15, 0.2) is 67.5 Å². The van der Waals surface area contributed by atoms with Gasteiger partial charge in [-0.25, -0.2) is 14.6 Å². The molecular formula is C35H40N12O3.